The van der Waals surface area contributed by atoms with E-state index in [0.29, 0.717) is 11.3 Å². The van der Waals surface area contributed by atoms with Crippen molar-refractivity contribution in [3.8, 4) is 0 Å². The average molecular weight is 409 g/mol. The van der Waals surface area contributed by atoms with Crippen LogP contribution in [0.4, 0.5) is 5.69 Å². The average Bonchev–Trinajstić information content (AvgIpc) is 2.74. The Morgan fingerprint density at radius 2 is 1.59 bits per heavy atom. The maximum Gasteiger partial charge on any atom is 0.264 e. The van der Waals surface area contributed by atoms with Gasteiger partial charge in [-0.25, -0.2) is 8.42 Å². The number of nitrogens with zero attached hydrogens (tertiary/aromatic N) is 1. The van der Waals surface area contributed by atoms with Gasteiger partial charge in [-0.05, 0) is 49.7 Å². The Morgan fingerprint density at radius 1 is 0.931 bits per heavy atom. The molecule has 0 aromatic heterocycles. The lowest BCUT2D eigenvalue weighted by atomic mass is 10.1. The van der Waals surface area contributed by atoms with E-state index < -0.39 is 10.0 Å². The van der Waals surface area contributed by atoms with E-state index in [1.165, 1.54) is 11.4 Å². The Bertz CT molecular complexity index is 1090. The van der Waals surface area contributed by atoms with Gasteiger partial charge in [0.25, 0.3) is 15.9 Å². The number of sulfonamides is 1. The molecule has 0 fully saturated rings. The molecule has 0 aliphatic rings. The van der Waals surface area contributed by atoms with E-state index in [-0.39, 0.29) is 16.8 Å². The monoisotopic (exact) mass is 408 g/mol. The highest BCUT2D eigenvalue weighted by Crippen LogP contribution is 2.23. The highest BCUT2D eigenvalue weighted by atomic mass is 32.2. The van der Waals surface area contributed by atoms with Crippen LogP contribution in [0.3, 0.4) is 0 Å². The Morgan fingerprint density at radius 3 is 2.24 bits per heavy atom. The fourth-order valence-corrected chi connectivity index (χ4v) is 4.14. The van der Waals surface area contributed by atoms with Gasteiger partial charge in [-0.3, -0.25) is 9.10 Å². The fourth-order valence-electron chi connectivity index (χ4n) is 2.96. The summed E-state index contributed by atoms with van der Waals surface area (Å²) in [4.78, 5) is 12.9. The normalized spacial score (nSPS) is 12.2. The SMILES string of the molecule is Cc1ccc(S(=O)(=O)N(C)c2cccc(C(=O)N[C@H](C)c3ccccc3)c2)cc1. The standard InChI is InChI=1S/C23H24N2O3S/c1-17-12-14-22(15-13-17)29(27,28)25(3)21-11-7-10-20(16-21)23(26)24-18(2)19-8-5-4-6-9-19/h4-16,18H,1-3H3,(H,24,26)/t18-/m1/s1. The maximum absolute atomic E-state index is 12.9. The van der Waals surface area contributed by atoms with E-state index in [9.17, 15) is 13.2 Å². The molecular formula is C23H24N2O3S. The molecule has 0 bridgehead atoms. The van der Waals surface area contributed by atoms with Gasteiger partial charge in [0, 0.05) is 12.6 Å². The van der Waals surface area contributed by atoms with Crippen LogP contribution in [0.1, 0.15) is 34.5 Å². The molecule has 3 rings (SSSR count). The second-order valence-electron chi connectivity index (χ2n) is 6.94. The molecule has 3 aromatic rings. The zero-order valence-electron chi connectivity index (χ0n) is 16.7. The molecular weight excluding hydrogens is 384 g/mol. The molecule has 0 saturated heterocycles. The summed E-state index contributed by atoms with van der Waals surface area (Å²) in [5, 5.41) is 2.95. The molecule has 0 radical (unpaired) electrons. The van der Waals surface area contributed by atoms with Crippen LogP contribution in [0, 0.1) is 6.92 Å². The van der Waals surface area contributed by atoms with Crippen molar-refractivity contribution in [1.29, 1.82) is 0 Å². The summed E-state index contributed by atoms with van der Waals surface area (Å²) in [6.07, 6.45) is 0. The van der Waals surface area contributed by atoms with Crippen molar-refractivity contribution in [1.82, 2.24) is 5.32 Å². The number of carbonyl (C=O) groups is 1. The lowest BCUT2D eigenvalue weighted by molar-refractivity contribution is 0.0940. The van der Waals surface area contributed by atoms with Gasteiger partial charge >= 0.3 is 0 Å². The number of hydrogen-bond donors (Lipinski definition) is 1. The first-order valence-electron chi connectivity index (χ1n) is 9.30. The van der Waals surface area contributed by atoms with E-state index in [2.05, 4.69) is 5.32 Å². The molecule has 1 N–H and O–H groups in total. The van der Waals surface area contributed by atoms with E-state index >= 15 is 0 Å². The van der Waals surface area contributed by atoms with Crippen LogP contribution < -0.4 is 9.62 Å². The van der Waals surface area contributed by atoms with E-state index in [4.69, 9.17) is 0 Å². The first-order chi connectivity index (χ1) is 13.8. The Labute approximate surface area is 172 Å². The smallest absolute Gasteiger partial charge is 0.264 e. The van der Waals surface area contributed by atoms with E-state index in [1.807, 2.05) is 44.2 Å². The van der Waals surface area contributed by atoms with Gasteiger partial charge in [0.15, 0.2) is 0 Å². The van der Waals surface area contributed by atoms with Crippen molar-refractivity contribution < 1.29 is 13.2 Å². The summed E-state index contributed by atoms with van der Waals surface area (Å²) in [6, 6.07) is 22.8. The van der Waals surface area contributed by atoms with Crippen molar-refractivity contribution in [2.75, 3.05) is 11.4 Å². The molecule has 150 valence electrons. The van der Waals surface area contributed by atoms with Crippen LogP contribution in [-0.4, -0.2) is 21.4 Å². The summed E-state index contributed by atoms with van der Waals surface area (Å²) in [6.45, 7) is 3.81. The van der Waals surface area contributed by atoms with Gasteiger partial charge in [0.2, 0.25) is 0 Å². The van der Waals surface area contributed by atoms with E-state index in [0.717, 1.165) is 11.1 Å². The van der Waals surface area contributed by atoms with Crippen LogP contribution in [0.25, 0.3) is 0 Å². The number of amides is 1. The van der Waals surface area contributed by atoms with Gasteiger partial charge < -0.3 is 5.32 Å². The maximum atomic E-state index is 12.9. The lowest BCUT2D eigenvalue weighted by Gasteiger charge is -2.20. The predicted octanol–water partition coefficient (Wildman–Crippen LogP) is 4.31. The molecule has 0 heterocycles. The van der Waals surface area contributed by atoms with Crippen LogP contribution in [0.15, 0.2) is 83.8 Å². The summed E-state index contributed by atoms with van der Waals surface area (Å²) >= 11 is 0. The van der Waals surface area contributed by atoms with Crippen LogP contribution >= 0.6 is 0 Å². The van der Waals surface area contributed by atoms with Crippen molar-refractivity contribution in [2.24, 2.45) is 0 Å². The molecule has 0 saturated carbocycles. The molecule has 5 nitrogen and oxygen atoms in total. The van der Waals surface area contributed by atoms with E-state index in [1.54, 1.807) is 48.5 Å². The molecule has 0 aliphatic heterocycles. The fraction of sp³-hybridized carbons (Fsp3) is 0.174. The van der Waals surface area contributed by atoms with Gasteiger partial charge in [-0.1, -0.05) is 54.1 Å². The second-order valence-corrected chi connectivity index (χ2v) is 8.91. The third-order valence-electron chi connectivity index (χ3n) is 4.80. The third-order valence-corrected chi connectivity index (χ3v) is 6.60. The number of nitrogens with one attached hydrogen (secondary N) is 1. The number of hydrogen-bond acceptors (Lipinski definition) is 3. The molecule has 1 atom stereocenters. The van der Waals surface area contributed by atoms with Crippen LogP contribution in [-0.2, 0) is 10.0 Å². The highest BCUT2D eigenvalue weighted by molar-refractivity contribution is 7.92. The molecule has 0 unspecified atom stereocenters. The predicted molar refractivity (Wildman–Crippen MR) is 116 cm³/mol. The number of aryl methyl sites for hydroxylation is 1. The molecule has 3 aromatic carbocycles. The highest BCUT2D eigenvalue weighted by Gasteiger charge is 2.22. The van der Waals surface area contributed by atoms with Crippen molar-refractivity contribution >= 4 is 21.6 Å². The number of rotatable bonds is 6. The molecule has 29 heavy (non-hydrogen) atoms. The quantitative estimate of drug-likeness (QED) is 0.661. The topological polar surface area (TPSA) is 66.5 Å². The third kappa shape index (κ3) is 4.66. The summed E-state index contributed by atoms with van der Waals surface area (Å²) in [7, 11) is -2.23. The first-order valence-corrected chi connectivity index (χ1v) is 10.7. The summed E-state index contributed by atoms with van der Waals surface area (Å²) in [5.41, 5.74) is 2.80. The lowest BCUT2D eigenvalue weighted by Crippen LogP contribution is -2.28. The zero-order chi connectivity index (χ0) is 21.0. The Balaban J connectivity index is 1.81. The van der Waals surface area contributed by atoms with Gasteiger partial charge in [-0.2, -0.15) is 0 Å². The Kier molecular flexibility index (Phi) is 6.03. The van der Waals surface area contributed by atoms with Gasteiger partial charge in [0.1, 0.15) is 0 Å². The summed E-state index contributed by atoms with van der Waals surface area (Å²) in [5.74, 6) is -0.260. The molecule has 6 heteroatoms. The van der Waals surface area contributed by atoms with Crippen molar-refractivity contribution in [3.63, 3.8) is 0 Å². The molecule has 0 aliphatic carbocycles. The zero-order valence-corrected chi connectivity index (χ0v) is 17.5. The molecule has 0 spiro atoms. The van der Waals surface area contributed by atoms with Crippen LogP contribution in [0.5, 0.6) is 0 Å². The van der Waals surface area contributed by atoms with Crippen molar-refractivity contribution in [3.05, 3.63) is 95.6 Å². The number of benzene rings is 3. The minimum Gasteiger partial charge on any atom is -0.346 e. The number of anilines is 1. The van der Waals surface area contributed by atoms with Crippen molar-refractivity contribution in [2.45, 2.75) is 24.8 Å². The first kappa shape index (κ1) is 20.6. The molecule has 1 amide bonds. The minimum absolute atomic E-state index is 0.165. The van der Waals surface area contributed by atoms with Gasteiger partial charge in [-0.15, -0.1) is 0 Å². The summed E-state index contributed by atoms with van der Waals surface area (Å²) < 4.78 is 27.0. The Hall–Kier alpha value is -3.12. The minimum atomic E-state index is -3.72. The van der Waals surface area contributed by atoms with Crippen LogP contribution in [0.2, 0.25) is 0 Å². The van der Waals surface area contributed by atoms with Gasteiger partial charge in [0.05, 0.1) is 16.6 Å². The second kappa shape index (κ2) is 8.49. The largest absolute Gasteiger partial charge is 0.346 e. The number of carbonyl (C=O) groups excluding carboxylic acids is 1.